The lowest BCUT2D eigenvalue weighted by Gasteiger charge is -2.03. The lowest BCUT2D eigenvalue weighted by molar-refractivity contribution is -0.144. The lowest BCUT2D eigenvalue weighted by atomic mass is 10.4. The molecule has 3 nitrogen and oxygen atoms in total. The standard InChI is InChI=1S/C6H13NO2/c1-3-4-9-6(8)5(2)7/h5H,3-4,7H2,1-2H3/t5-/m0/s1. The Morgan fingerprint density at radius 1 is 1.78 bits per heavy atom. The molecule has 0 radical (unpaired) electrons. The van der Waals surface area contributed by atoms with Gasteiger partial charge in [0.15, 0.2) is 0 Å². The van der Waals surface area contributed by atoms with Gasteiger partial charge in [0.1, 0.15) is 6.04 Å². The second kappa shape index (κ2) is 4.32. The Balaban J connectivity index is 3.28. The maximum Gasteiger partial charge on any atom is 0.322 e. The van der Waals surface area contributed by atoms with Crippen LogP contribution in [-0.2, 0) is 9.53 Å². The van der Waals surface area contributed by atoms with Crippen molar-refractivity contribution in [3.63, 3.8) is 0 Å². The van der Waals surface area contributed by atoms with Crippen LogP contribution in [-0.4, -0.2) is 18.6 Å². The minimum atomic E-state index is -0.489. The number of hydrogen-bond donors (Lipinski definition) is 1. The van der Waals surface area contributed by atoms with Crippen LogP contribution in [0.3, 0.4) is 0 Å². The molecule has 0 spiro atoms. The van der Waals surface area contributed by atoms with Gasteiger partial charge in [-0.25, -0.2) is 0 Å². The third-order valence-electron chi connectivity index (χ3n) is 0.820. The van der Waals surface area contributed by atoms with Crippen LogP contribution in [0.25, 0.3) is 0 Å². The topological polar surface area (TPSA) is 52.3 Å². The summed E-state index contributed by atoms with van der Waals surface area (Å²) in [6, 6.07) is -0.489. The molecule has 0 aromatic carbocycles. The average molecular weight is 131 g/mol. The Bertz CT molecular complexity index is 91.1. The van der Waals surface area contributed by atoms with E-state index in [9.17, 15) is 4.79 Å². The van der Waals surface area contributed by atoms with Crippen LogP contribution in [0, 0.1) is 0 Å². The smallest absolute Gasteiger partial charge is 0.322 e. The zero-order valence-corrected chi connectivity index (χ0v) is 5.89. The first-order valence-corrected chi connectivity index (χ1v) is 3.10. The molecule has 0 saturated heterocycles. The SMILES string of the molecule is CCCOC(=O)[C@H](C)N. The Morgan fingerprint density at radius 2 is 2.33 bits per heavy atom. The molecule has 54 valence electrons. The van der Waals surface area contributed by atoms with Crippen molar-refractivity contribution in [3.8, 4) is 0 Å². The molecule has 0 aliphatic rings. The Labute approximate surface area is 55.2 Å². The summed E-state index contributed by atoms with van der Waals surface area (Å²) in [5, 5.41) is 0. The highest BCUT2D eigenvalue weighted by Gasteiger charge is 2.06. The van der Waals surface area contributed by atoms with Crippen LogP contribution in [0.15, 0.2) is 0 Å². The van der Waals surface area contributed by atoms with Gasteiger partial charge < -0.3 is 10.5 Å². The van der Waals surface area contributed by atoms with Gasteiger partial charge in [-0.15, -0.1) is 0 Å². The van der Waals surface area contributed by atoms with Crippen LogP contribution in [0.5, 0.6) is 0 Å². The number of hydrogen-bond acceptors (Lipinski definition) is 3. The summed E-state index contributed by atoms with van der Waals surface area (Å²) in [6.07, 6.45) is 0.846. The van der Waals surface area contributed by atoms with Gasteiger partial charge in [-0.3, -0.25) is 4.79 Å². The molecular weight excluding hydrogens is 118 g/mol. The predicted molar refractivity (Wildman–Crippen MR) is 34.9 cm³/mol. The molecule has 3 heteroatoms. The van der Waals surface area contributed by atoms with Gasteiger partial charge in [-0.05, 0) is 13.3 Å². The molecule has 0 aliphatic carbocycles. The van der Waals surface area contributed by atoms with E-state index in [2.05, 4.69) is 4.74 Å². The third kappa shape index (κ3) is 3.97. The quantitative estimate of drug-likeness (QED) is 0.560. The number of nitrogens with two attached hydrogens (primary N) is 1. The Morgan fingerprint density at radius 3 is 2.67 bits per heavy atom. The van der Waals surface area contributed by atoms with E-state index < -0.39 is 6.04 Å². The highest BCUT2D eigenvalue weighted by Crippen LogP contribution is 1.85. The van der Waals surface area contributed by atoms with E-state index in [0.717, 1.165) is 6.42 Å². The number of esters is 1. The molecule has 1 atom stereocenters. The molecule has 0 heterocycles. The fraction of sp³-hybridized carbons (Fsp3) is 0.833. The second-order valence-corrected chi connectivity index (χ2v) is 1.96. The van der Waals surface area contributed by atoms with Crippen LogP contribution >= 0.6 is 0 Å². The van der Waals surface area contributed by atoms with Gasteiger partial charge >= 0.3 is 5.97 Å². The van der Waals surface area contributed by atoms with E-state index in [1.165, 1.54) is 0 Å². The van der Waals surface area contributed by atoms with Crippen molar-refractivity contribution < 1.29 is 9.53 Å². The molecular formula is C6H13NO2. The number of rotatable bonds is 3. The zero-order valence-electron chi connectivity index (χ0n) is 5.89. The monoisotopic (exact) mass is 131 g/mol. The summed E-state index contributed by atoms with van der Waals surface area (Å²) in [5.74, 6) is -0.322. The number of ether oxygens (including phenoxy) is 1. The van der Waals surface area contributed by atoms with Gasteiger partial charge in [-0.2, -0.15) is 0 Å². The van der Waals surface area contributed by atoms with Crippen molar-refractivity contribution in [2.24, 2.45) is 5.73 Å². The molecule has 0 saturated carbocycles. The molecule has 0 fully saturated rings. The predicted octanol–water partition coefficient (Wildman–Crippen LogP) is 0.287. The van der Waals surface area contributed by atoms with Crippen molar-refractivity contribution in [1.29, 1.82) is 0 Å². The normalized spacial score (nSPS) is 12.8. The molecule has 0 aliphatic heterocycles. The molecule has 0 amide bonds. The van der Waals surface area contributed by atoms with Gasteiger partial charge in [-0.1, -0.05) is 6.92 Å². The molecule has 0 bridgehead atoms. The minimum Gasteiger partial charge on any atom is -0.465 e. The maximum atomic E-state index is 10.6. The number of carbonyl (C=O) groups is 1. The van der Waals surface area contributed by atoms with E-state index in [0.29, 0.717) is 6.61 Å². The summed E-state index contributed by atoms with van der Waals surface area (Å²) < 4.78 is 4.69. The van der Waals surface area contributed by atoms with Crippen molar-refractivity contribution in [1.82, 2.24) is 0 Å². The molecule has 0 rings (SSSR count). The van der Waals surface area contributed by atoms with E-state index in [4.69, 9.17) is 5.73 Å². The maximum absolute atomic E-state index is 10.6. The Hall–Kier alpha value is -0.570. The van der Waals surface area contributed by atoms with Crippen LogP contribution in [0.4, 0.5) is 0 Å². The van der Waals surface area contributed by atoms with Crippen molar-refractivity contribution in [2.45, 2.75) is 26.3 Å². The number of carbonyl (C=O) groups excluding carboxylic acids is 1. The molecule has 0 unspecified atom stereocenters. The first-order chi connectivity index (χ1) is 4.18. The summed E-state index contributed by atoms with van der Waals surface area (Å²) in [6.45, 7) is 4.02. The Kier molecular flexibility index (Phi) is 4.05. The van der Waals surface area contributed by atoms with Gasteiger partial charge in [0.2, 0.25) is 0 Å². The van der Waals surface area contributed by atoms with Crippen LogP contribution < -0.4 is 5.73 Å². The van der Waals surface area contributed by atoms with Crippen molar-refractivity contribution in [3.05, 3.63) is 0 Å². The van der Waals surface area contributed by atoms with Gasteiger partial charge in [0, 0.05) is 0 Å². The molecule has 2 N–H and O–H groups in total. The van der Waals surface area contributed by atoms with E-state index >= 15 is 0 Å². The summed E-state index contributed by atoms with van der Waals surface area (Å²) in [4.78, 5) is 10.6. The zero-order chi connectivity index (χ0) is 7.28. The van der Waals surface area contributed by atoms with Crippen LogP contribution in [0.1, 0.15) is 20.3 Å². The first kappa shape index (κ1) is 8.43. The summed E-state index contributed by atoms with van der Waals surface area (Å²) in [5.41, 5.74) is 5.20. The third-order valence-corrected chi connectivity index (χ3v) is 0.820. The molecule has 0 aromatic heterocycles. The van der Waals surface area contributed by atoms with Gasteiger partial charge in [0.05, 0.1) is 6.61 Å². The lowest BCUT2D eigenvalue weighted by Crippen LogP contribution is -2.28. The van der Waals surface area contributed by atoms with Crippen molar-refractivity contribution in [2.75, 3.05) is 6.61 Å². The van der Waals surface area contributed by atoms with E-state index in [-0.39, 0.29) is 5.97 Å². The molecule has 0 aromatic rings. The molecule has 9 heavy (non-hydrogen) atoms. The van der Waals surface area contributed by atoms with Crippen molar-refractivity contribution >= 4 is 5.97 Å². The van der Waals surface area contributed by atoms with E-state index in [1.54, 1.807) is 6.92 Å². The summed E-state index contributed by atoms with van der Waals surface area (Å²) in [7, 11) is 0. The second-order valence-electron chi connectivity index (χ2n) is 1.96. The fourth-order valence-electron chi connectivity index (χ4n) is 0.334. The largest absolute Gasteiger partial charge is 0.465 e. The minimum absolute atomic E-state index is 0.322. The highest BCUT2D eigenvalue weighted by molar-refractivity contribution is 5.74. The fourth-order valence-corrected chi connectivity index (χ4v) is 0.334. The van der Waals surface area contributed by atoms with Gasteiger partial charge in [0.25, 0.3) is 0 Å². The average Bonchev–Trinajstić information content (AvgIpc) is 1.82. The highest BCUT2D eigenvalue weighted by atomic mass is 16.5. The summed E-state index contributed by atoms with van der Waals surface area (Å²) >= 11 is 0. The first-order valence-electron chi connectivity index (χ1n) is 3.10. The van der Waals surface area contributed by atoms with Crippen LogP contribution in [0.2, 0.25) is 0 Å². The van der Waals surface area contributed by atoms with E-state index in [1.807, 2.05) is 6.92 Å².